The molecule has 0 saturated heterocycles. The van der Waals surface area contributed by atoms with Gasteiger partial charge in [0.15, 0.2) is 0 Å². The molecule has 0 aliphatic heterocycles. The quantitative estimate of drug-likeness (QED) is 0.911. The maximum atomic E-state index is 12.0. The summed E-state index contributed by atoms with van der Waals surface area (Å²) in [5.74, 6) is 0.802. The normalized spacial score (nSPS) is 10.3. The zero-order valence-corrected chi connectivity index (χ0v) is 11.6. The van der Waals surface area contributed by atoms with Crippen molar-refractivity contribution in [3.8, 4) is 0 Å². The molecule has 0 atom stereocenters. The Hall–Kier alpha value is -1.62. The van der Waals surface area contributed by atoms with E-state index in [1.54, 1.807) is 18.5 Å². The first kappa shape index (κ1) is 12.8. The number of nitrogens with zero attached hydrogens (tertiary/aromatic N) is 1. The lowest BCUT2D eigenvalue weighted by molar-refractivity contribution is 0.0953. The molecular weight excluding hydrogens is 294 g/mol. The summed E-state index contributed by atoms with van der Waals surface area (Å²) in [5, 5.41) is 2.88. The van der Waals surface area contributed by atoms with Crippen molar-refractivity contribution in [2.24, 2.45) is 0 Å². The average Bonchev–Trinajstić information content (AvgIpc) is 2.85. The van der Waals surface area contributed by atoms with E-state index in [1.165, 1.54) is 0 Å². The van der Waals surface area contributed by atoms with Crippen LogP contribution in [0.4, 0.5) is 0 Å². The Labute approximate surface area is 114 Å². The molecule has 0 unspecified atom stereocenters. The van der Waals surface area contributed by atoms with E-state index in [1.807, 2.05) is 19.1 Å². The third kappa shape index (κ3) is 2.98. The second-order valence-electron chi connectivity index (χ2n) is 3.98. The highest BCUT2D eigenvalue weighted by molar-refractivity contribution is 9.10. The van der Waals surface area contributed by atoms with Gasteiger partial charge < -0.3 is 10.3 Å². The Morgan fingerprint density at radius 2 is 2.33 bits per heavy atom. The molecule has 1 heterocycles. The van der Waals surface area contributed by atoms with Crippen LogP contribution in [0.5, 0.6) is 0 Å². The number of aryl methyl sites for hydroxylation is 1. The minimum atomic E-state index is -0.0721. The number of carbonyl (C=O) groups is 1. The molecule has 1 aromatic heterocycles. The fourth-order valence-electron chi connectivity index (χ4n) is 1.65. The van der Waals surface area contributed by atoms with E-state index in [0.717, 1.165) is 15.9 Å². The maximum Gasteiger partial charge on any atom is 0.252 e. The Morgan fingerprint density at radius 3 is 3.06 bits per heavy atom. The molecule has 1 amide bonds. The highest BCUT2D eigenvalue weighted by atomic mass is 79.9. The number of rotatable bonds is 4. The summed E-state index contributed by atoms with van der Waals surface area (Å²) in [5.41, 5.74) is 1.71. The van der Waals surface area contributed by atoms with Gasteiger partial charge in [0.1, 0.15) is 5.82 Å². The molecule has 94 valence electrons. The van der Waals surface area contributed by atoms with Gasteiger partial charge in [0.25, 0.3) is 5.91 Å². The van der Waals surface area contributed by atoms with Crippen molar-refractivity contribution < 1.29 is 4.79 Å². The number of hydrogen-bond donors (Lipinski definition) is 2. The maximum absolute atomic E-state index is 12.0. The smallest absolute Gasteiger partial charge is 0.252 e. The van der Waals surface area contributed by atoms with Crippen molar-refractivity contribution in [2.45, 2.75) is 13.3 Å². The van der Waals surface area contributed by atoms with Gasteiger partial charge in [-0.3, -0.25) is 4.79 Å². The van der Waals surface area contributed by atoms with Gasteiger partial charge in [-0.05, 0) is 34.5 Å². The van der Waals surface area contributed by atoms with Crippen molar-refractivity contribution in [1.82, 2.24) is 15.3 Å². The van der Waals surface area contributed by atoms with Crippen LogP contribution < -0.4 is 5.32 Å². The lowest BCUT2D eigenvalue weighted by Crippen LogP contribution is -2.26. The Morgan fingerprint density at radius 1 is 1.50 bits per heavy atom. The van der Waals surface area contributed by atoms with E-state index in [9.17, 15) is 4.79 Å². The number of halogens is 1. The molecule has 2 aromatic rings. The average molecular weight is 308 g/mol. The van der Waals surface area contributed by atoms with Crippen molar-refractivity contribution in [3.63, 3.8) is 0 Å². The number of H-pyrrole nitrogens is 1. The van der Waals surface area contributed by atoms with Crippen molar-refractivity contribution in [3.05, 3.63) is 52.0 Å². The van der Waals surface area contributed by atoms with Crippen LogP contribution in [-0.4, -0.2) is 22.4 Å². The molecule has 0 radical (unpaired) electrons. The van der Waals surface area contributed by atoms with Crippen molar-refractivity contribution >= 4 is 21.8 Å². The number of carbonyl (C=O) groups excluding carboxylic acids is 1. The van der Waals surface area contributed by atoms with Gasteiger partial charge in [-0.25, -0.2) is 4.98 Å². The van der Waals surface area contributed by atoms with Crippen LogP contribution in [-0.2, 0) is 6.42 Å². The SMILES string of the molecule is Cc1cccc(C(=O)NCCc2ncc[nH]2)c1Br. The van der Waals surface area contributed by atoms with E-state index in [4.69, 9.17) is 0 Å². The molecule has 2 N–H and O–H groups in total. The number of aromatic nitrogens is 2. The third-order valence-electron chi connectivity index (χ3n) is 2.64. The summed E-state index contributed by atoms with van der Waals surface area (Å²) in [4.78, 5) is 19.1. The second-order valence-corrected chi connectivity index (χ2v) is 4.77. The number of hydrogen-bond acceptors (Lipinski definition) is 2. The predicted octanol–water partition coefficient (Wildman–Crippen LogP) is 2.45. The van der Waals surface area contributed by atoms with Gasteiger partial charge in [-0.15, -0.1) is 0 Å². The Balaban J connectivity index is 1.93. The van der Waals surface area contributed by atoms with E-state index >= 15 is 0 Å². The molecule has 0 saturated carbocycles. The lowest BCUT2D eigenvalue weighted by atomic mass is 10.1. The van der Waals surface area contributed by atoms with Gasteiger partial charge in [0, 0.05) is 29.8 Å². The zero-order chi connectivity index (χ0) is 13.0. The molecule has 5 heteroatoms. The molecule has 0 aliphatic carbocycles. The van der Waals surface area contributed by atoms with E-state index < -0.39 is 0 Å². The summed E-state index contributed by atoms with van der Waals surface area (Å²) in [7, 11) is 0. The predicted molar refractivity (Wildman–Crippen MR) is 73.5 cm³/mol. The third-order valence-corrected chi connectivity index (χ3v) is 3.69. The van der Waals surface area contributed by atoms with E-state index in [-0.39, 0.29) is 5.91 Å². The highest BCUT2D eigenvalue weighted by Crippen LogP contribution is 2.20. The number of nitrogens with one attached hydrogen (secondary N) is 2. The summed E-state index contributed by atoms with van der Waals surface area (Å²) >= 11 is 3.43. The topological polar surface area (TPSA) is 57.8 Å². The molecule has 18 heavy (non-hydrogen) atoms. The fourth-order valence-corrected chi connectivity index (χ4v) is 2.09. The van der Waals surface area contributed by atoms with Gasteiger partial charge in [0.2, 0.25) is 0 Å². The van der Waals surface area contributed by atoms with Crippen LogP contribution in [0.1, 0.15) is 21.7 Å². The van der Waals surface area contributed by atoms with Crippen LogP contribution in [0, 0.1) is 6.92 Å². The van der Waals surface area contributed by atoms with Gasteiger partial charge in [-0.1, -0.05) is 12.1 Å². The van der Waals surface area contributed by atoms with Crippen LogP contribution in [0.25, 0.3) is 0 Å². The minimum absolute atomic E-state index is 0.0721. The summed E-state index contributed by atoms with van der Waals surface area (Å²) in [6.07, 6.45) is 4.17. The fraction of sp³-hybridized carbons (Fsp3) is 0.231. The van der Waals surface area contributed by atoms with Gasteiger partial charge >= 0.3 is 0 Å². The molecule has 2 rings (SSSR count). The first-order valence-electron chi connectivity index (χ1n) is 5.70. The minimum Gasteiger partial charge on any atom is -0.352 e. The highest BCUT2D eigenvalue weighted by Gasteiger charge is 2.10. The number of aromatic amines is 1. The number of imidazole rings is 1. The summed E-state index contributed by atoms with van der Waals surface area (Å²) in [6, 6.07) is 5.64. The first-order valence-corrected chi connectivity index (χ1v) is 6.49. The second kappa shape index (κ2) is 5.82. The molecule has 0 aliphatic rings. The molecule has 0 bridgehead atoms. The monoisotopic (exact) mass is 307 g/mol. The summed E-state index contributed by atoms with van der Waals surface area (Å²) < 4.78 is 0.848. The Kier molecular flexibility index (Phi) is 4.15. The summed E-state index contributed by atoms with van der Waals surface area (Å²) in [6.45, 7) is 2.52. The molecule has 0 fully saturated rings. The lowest BCUT2D eigenvalue weighted by Gasteiger charge is -2.07. The van der Waals surface area contributed by atoms with Crippen molar-refractivity contribution in [2.75, 3.05) is 6.54 Å². The van der Waals surface area contributed by atoms with Gasteiger partial charge in [-0.2, -0.15) is 0 Å². The Bertz CT molecular complexity index is 537. The van der Waals surface area contributed by atoms with E-state index in [0.29, 0.717) is 18.5 Å². The van der Waals surface area contributed by atoms with Crippen molar-refractivity contribution in [1.29, 1.82) is 0 Å². The number of amides is 1. The first-order chi connectivity index (χ1) is 8.68. The van der Waals surface area contributed by atoms with E-state index in [2.05, 4.69) is 31.2 Å². The molecule has 4 nitrogen and oxygen atoms in total. The molecule has 0 spiro atoms. The number of benzene rings is 1. The van der Waals surface area contributed by atoms with Gasteiger partial charge in [0.05, 0.1) is 5.56 Å². The zero-order valence-electron chi connectivity index (χ0n) is 10.0. The molecule has 1 aromatic carbocycles. The van der Waals surface area contributed by atoms with Crippen LogP contribution >= 0.6 is 15.9 Å². The standard InChI is InChI=1S/C13H14BrN3O/c1-9-3-2-4-10(12(9)14)13(18)17-6-5-11-15-7-8-16-11/h2-4,7-8H,5-6H2,1H3,(H,15,16)(H,17,18). The van der Waals surface area contributed by atoms with Crippen LogP contribution in [0.15, 0.2) is 35.1 Å². The largest absolute Gasteiger partial charge is 0.352 e. The van der Waals surface area contributed by atoms with Crippen LogP contribution in [0.3, 0.4) is 0 Å². The molecular formula is C13H14BrN3O. The van der Waals surface area contributed by atoms with Crippen LogP contribution in [0.2, 0.25) is 0 Å².